The van der Waals surface area contributed by atoms with Gasteiger partial charge in [-0.3, -0.25) is 4.79 Å². The maximum absolute atomic E-state index is 12.2. The second kappa shape index (κ2) is 8.70. The zero-order valence-electron chi connectivity index (χ0n) is 14.2. The maximum Gasteiger partial charge on any atom is 0.234 e. The van der Waals surface area contributed by atoms with Crippen molar-refractivity contribution in [1.29, 1.82) is 0 Å². The average molecular weight is 453 g/mol. The van der Waals surface area contributed by atoms with E-state index in [9.17, 15) is 4.79 Å². The normalized spacial score (nSPS) is 10.7. The fourth-order valence-corrected chi connectivity index (χ4v) is 4.37. The molecule has 1 aromatic carbocycles. The highest BCUT2D eigenvalue weighted by Gasteiger charge is 2.14. The molecule has 1 N–H and O–H groups in total. The first-order chi connectivity index (χ1) is 12.6. The van der Waals surface area contributed by atoms with Crippen LogP contribution in [0.1, 0.15) is 6.92 Å². The minimum absolute atomic E-state index is 0.0948. The quantitative estimate of drug-likeness (QED) is 0.536. The predicted octanol–water partition coefficient (Wildman–Crippen LogP) is 4.44. The molecule has 0 saturated heterocycles. The number of nitrogens with zero attached hydrogens (tertiary/aromatic N) is 3. The Morgan fingerprint density at radius 3 is 2.77 bits per heavy atom. The van der Waals surface area contributed by atoms with Crippen LogP contribution in [-0.4, -0.2) is 33.0 Å². The summed E-state index contributed by atoms with van der Waals surface area (Å²) in [6.07, 6.45) is 0. The Labute approximate surface area is 168 Å². The average Bonchev–Trinajstić information content (AvgIpc) is 3.21. The van der Waals surface area contributed by atoms with Gasteiger partial charge in [-0.1, -0.05) is 11.8 Å². The van der Waals surface area contributed by atoms with Crippen LogP contribution < -0.4 is 10.1 Å². The fourth-order valence-electron chi connectivity index (χ4n) is 2.21. The summed E-state index contributed by atoms with van der Waals surface area (Å²) in [5.74, 6) is 1.73. The van der Waals surface area contributed by atoms with Gasteiger partial charge in [0.15, 0.2) is 11.0 Å². The molecule has 0 spiro atoms. The first-order valence-corrected chi connectivity index (χ1v) is 10.5. The summed E-state index contributed by atoms with van der Waals surface area (Å²) in [4.78, 5) is 13.2. The third-order valence-electron chi connectivity index (χ3n) is 3.40. The molecule has 3 rings (SSSR count). The Balaban J connectivity index is 1.57. The Morgan fingerprint density at radius 2 is 2.12 bits per heavy atom. The van der Waals surface area contributed by atoms with Crippen LogP contribution in [0.5, 0.6) is 5.75 Å². The molecule has 0 bridgehead atoms. The van der Waals surface area contributed by atoms with Gasteiger partial charge in [0.25, 0.3) is 0 Å². The maximum atomic E-state index is 12.2. The number of thioether (sulfide) groups is 1. The third-order valence-corrected chi connectivity index (χ3v) is 6.11. The first-order valence-electron chi connectivity index (χ1n) is 7.86. The van der Waals surface area contributed by atoms with Gasteiger partial charge < -0.3 is 14.6 Å². The highest BCUT2D eigenvalue weighted by molar-refractivity contribution is 9.10. The van der Waals surface area contributed by atoms with Crippen molar-refractivity contribution in [3.05, 3.63) is 40.2 Å². The number of halogens is 1. The van der Waals surface area contributed by atoms with E-state index in [0.29, 0.717) is 11.8 Å². The molecule has 0 aliphatic carbocycles. The molecule has 136 valence electrons. The molecule has 0 radical (unpaired) electrons. The van der Waals surface area contributed by atoms with Crippen LogP contribution in [0.3, 0.4) is 0 Å². The topological polar surface area (TPSA) is 69.0 Å². The Hall–Kier alpha value is -1.84. The molecule has 2 heterocycles. The van der Waals surface area contributed by atoms with E-state index in [-0.39, 0.29) is 11.7 Å². The summed E-state index contributed by atoms with van der Waals surface area (Å²) in [6.45, 7) is 2.55. The lowest BCUT2D eigenvalue weighted by Crippen LogP contribution is -2.14. The second-order valence-electron chi connectivity index (χ2n) is 5.29. The zero-order chi connectivity index (χ0) is 18.5. The van der Waals surface area contributed by atoms with Crippen molar-refractivity contribution in [2.45, 2.75) is 12.1 Å². The molecule has 0 fully saturated rings. The molecule has 0 saturated carbocycles. The number of nitrogens with one attached hydrogen (secondary N) is 1. The Kier molecular flexibility index (Phi) is 6.33. The van der Waals surface area contributed by atoms with Crippen LogP contribution in [-0.2, 0) is 11.8 Å². The molecule has 26 heavy (non-hydrogen) atoms. The smallest absolute Gasteiger partial charge is 0.234 e. The second-order valence-corrected chi connectivity index (χ2v) is 8.06. The van der Waals surface area contributed by atoms with Gasteiger partial charge in [0.1, 0.15) is 5.75 Å². The molecule has 0 unspecified atom stereocenters. The molecule has 1 amide bonds. The van der Waals surface area contributed by atoms with E-state index in [1.807, 2.05) is 54.3 Å². The van der Waals surface area contributed by atoms with Crippen LogP contribution in [0.25, 0.3) is 10.7 Å². The lowest BCUT2D eigenvalue weighted by molar-refractivity contribution is -0.113. The van der Waals surface area contributed by atoms with E-state index in [2.05, 4.69) is 31.4 Å². The van der Waals surface area contributed by atoms with Crippen LogP contribution in [0, 0.1) is 0 Å². The van der Waals surface area contributed by atoms with Gasteiger partial charge in [-0.15, -0.1) is 21.5 Å². The summed E-state index contributed by atoms with van der Waals surface area (Å²) in [5, 5.41) is 14.0. The minimum atomic E-state index is -0.0948. The van der Waals surface area contributed by atoms with Crippen LogP contribution in [0.2, 0.25) is 0 Å². The summed E-state index contributed by atoms with van der Waals surface area (Å²) in [7, 11) is 1.90. The van der Waals surface area contributed by atoms with Crippen molar-refractivity contribution < 1.29 is 9.53 Å². The zero-order valence-corrected chi connectivity index (χ0v) is 17.4. The summed E-state index contributed by atoms with van der Waals surface area (Å²) in [6, 6.07) is 9.31. The summed E-state index contributed by atoms with van der Waals surface area (Å²) >= 11 is 6.39. The van der Waals surface area contributed by atoms with E-state index >= 15 is 0 Å². The number of amides is 1. The molecular formula is C17H17BrN4O2S2. The van der Waals surface area contributed by atoms with Gasteiger partial charge in [-0.2, -0.15) is 0 Å². The van der Waals surface area contributed by atoms with Crippen molar-refractivity contribution in [3.63, 3.8) is 0 Å². The number of thiophene rings is 1. The van der Waals surface area contributed by atoms with E-state index in [1.54, 1.807) is 11.3 Å². The number of ether oxygens (including phenoxy) is 1. The SMILES string of the molecule is CCOc1ccc(NC(=O)CSc2nnc(-c3cc(Br)cs3)n2C)cc1. The first kappa shape index (κ1) is 18.9. The Morgan fingerprint density at radius 1 is 1.35 bits per heavy atom. The number of carbonyl (C=O) groups excluding carboxylic acids is 1. The molecule has 0 aliphatic rings. The predicted molar refractivity (Wildman–Crippen MR) is 109 cm³/mol. The van der Waals surface area contributed by atoms with Gasteiger partial charge >= 0.3 is 0 Å². The number of benzene rings is 1. The summed E-state index contributed by atoms with van der Waals surface area (Å²) < 4.78 is 8.30. The summed E-state index contributed by atoms with van der Waals surface area (Å²) in [5.41, 5.74) is 0.737. The van der Waals surface area contributed by atoms with Gasteiger partial charge in [-0.25, -0.2) is 0 Å². The van der Waals surface area contributed by atoms with E-state index in [4.69, 9.17) is 4.74 Å². The van der Waals surface area contributed by atoms with Crippen LogP contribution in [0.15, 0.2) is 45.3 Å². The highest BCUT2D eigenvalue weighted by Crippen LogP contribution is 2.30. The molecule has 9 heteroatoms. The number of aromatic nitrogens is 3. The van der Waals surface area contributed by atoms with Crippen LogP contribution >= 0.6 is 39.0 Å². The number of anilines is 1. The molecule has 2 aromatic heterocycles. The number of carbonyl (C=O) groups is 1. The molecule has 6 nitrogen and oxygen atoms in total. The monoisotopic (exact) mass is 452 g/mol. The lowest BCUT2D eigenvalue weighted by Gasteiger charge is -2.07. The fraction of sp³-hybridized carbons (Fsp3) is 0.235. The van der Waals surface area contributed by atoms with E-state index in [0.717, 1.165) is 26.6 Å². The molecule has 0 aliphatic heterocycles. The molecule has 0 atom stereocenters. The molecule has 3 aromatic rings. The highest BCUT2D eigenvalue weighted by atomic mass is 79.9. The van der Waals surface area contributed by atoms with Gasteiger partial charge in [0, 0.05) is 22.6 Å². The lowest BCUT2D eigenvalue weighted by atomic mass is 10.3. The van der Waals surface area contributed by atoms with Crippen LogP contribution in [0.4, 0.5) is 5.69 Å². The van der Waals surface area contributed by atoms with E-state index in [1.165, 1.54) is 11.8 Å². The van der Waals surface area contributed by atoms with Crippen molar-refractivity contribution >= 4 is 50.6 Å². The number of hydrogen-bond donors (Lipinski definition) is 1. The largest absolute Gasteiger partial charge is 0.494 e. The van der Waals surface area contributed by atoms with Gasteiger partial charge in [0.05, 0.1) is 17.2 Å². The van der Waals surface area contributed by atoms with Crippen molar-refractivity contribution in [3.8, 4) is 16.5 Å². The third kappa shape index (κ3) is 4.66. The number of rotatable bonds is 7. The Bertz CT molecular complexity index is 893. The minimum Gasteiger partial charge on any atom is -0.494 e. The van der Waals surface area contributed by atoms with Crippen molar-refractivity contribution in [2.24, 2.45) is 7.05 Å². The number of hydrogen-bond acceptors (Lipinski definition) is 6. The van der Waals surface area contributed by atoms with Gasteiger partial charge in [0.2, 0.25) is 5.91 Å². The standard InChI is InChI=1S/C17H17BrN4O2S2/c1-3-24-13-6-4-12(5-7-13)19-15(23)10-26-17-21-20-16(22(17)2)14-8-11(18)9-25-14/h4-9H,3,10H2,1-2H3,(H,19,23). The van der Waals surface area contributed by atoms with E-state index < -0.39 is 0 Å². The van der Waals surface area contributed by atoms with Crippen molar-refractivity contribution in [2.75, 3.05) is 17.7 Å². The molecular weight excluding hydrogens is 436 g/mol. The van der Waals surface area contributed by atoms with Gasteiger partial charge in [-0.05, 0) is 53.2 Å². The van der Waals surface area contributed by atoms with Crippen molar-refractivity contribution in [1.82, 2.24) is 14.8 Å².